The van der Waals surface area contributed by atoms with E-state index in [0.717, 1.165) is 43.2 Å². The molecule has 0 radical (unpaired) electrons. The van der Waals surface area contributed by atoms with Crippen molar-refractivity contribution in [1.82, 2.24) is 4.90 Å². The van der Waals surface area contributed by atoms with E-state index in [0.29, 0.717) is 6.04 Å². The van der Waals surface area contributed by atoms with Gasteiger partial charge >= 0.3 is 0 Å². The maximum Gasteiger partial charge on any atom is 0.123 e. The van der Waals surface area contributed by atoms with Gasteiger partial charge in [-0.25, -0.2) is 0 Å². The highest BCUT2D eigenvalue weighted by atomic mass is 16.5. The first-order valence-electron chi connectivity index (χ1n) is 6.33. The van der Waals surface area contributed by atoms with E-state index < -0.39 is 0 Å². The van der Waals surface area contributed by atoms with Crippen LogP contribution in [0.1, 0.15) is 18.1 Å². The highest BCUT2D eigenvalue weighted by molar-refractivity contribution is 5.37. The van der Waals surface area contributed by atoms with Crippen LogP contribution in [0.2, 0.25) is 0 Å². The van der Waals surface area contributed by atoms with Crippen molar-refractivity contribution in [3.63, 3.8) is 0 Å². The summed E-state index contributed by atoms with van der Waals surface area (Å²) in [4.78, 5) is 2.38. The van der Waals surface area contributed by atoms with Crippen LogP contribution in [0.4, 0.5) is 0 Å². The lowest BCUT2D eigenvalue weighted by atomic mass is 10.1. The van der Waals surface area contributed by atoms with Crippen molar-refractivity contribution in [3.8, 4) is 5.75 Å². The fourth-order valence-electron chi connectivity index (χ4n) is 2.27. The number of aliphatic hydroxyl groups excluding tert-OH is 1. The van der Waals surface area contributed by atoms with E-state index in [1.807, 2.05) is 18.2 Å². The largest absolute Gasteiger partial charge is 0.496 e. The van der Waals surface area contributed by atoms with Gasteiger partial charge in [-0.2, -0.15) is 0 Å². The minimum atomic E-state index is 0.0651. The van der Waals surface area contributed by atoms with E-state index in [1.165, 1.54) is 0 Å². The van der Waals surface area contributed by atoms with Crippen LogP contribution in [0, 0.1) is 0 Å². The van der Waals surface area contributed by atoms with Gasteiger partial charge < -0.3 is 14.6 Å². The second kappa shape index (κ2) is 6.18. The van der Waals surface area contributed by atoms with Crippen LogP contribution in [0.3, 0.4) is 0 Å². The van der Waals surface area contributed by atoms with Gasteiger partial charge in [-0.3, -0.25) is 4.90 Å². The number of hydrogen-bond acceptors (Lipinski definition) is 4. The second-order valence-electron chi connectivity index (χ2n) is 4.70. The average molecular weight is 251 g/mol. The van der Waals surface area contributed by atoms with Crippen LogP contribution in [0.25, 0.3) is 0 Å². The molecule has 0 aliphatic carbocycles. The van der Waals surface area contributed by atoms with Crippen molar-refractivity contribution in [1.29, 1.82) is 0 Å². The van der Waals surface area contributed by atoms with Crippen molar-refractivity contribution in [2.75, 3.05) is 26.9 Å². The molecule has 1 aliphatic rings. The van der Waals surface area contributed by atoms with Crippen LogP contribution < -0.4 is 4.74 Å². The molecule has 0 amide bonds. The molecule has 4 nitrogen and oxygen atoms in total. The minimum Gasteiger partial charge on any atom is -0.496 e. The molecule has 18 heavy (non-hydrogen) atoms. The zero-order chi connectivity index (χ0) is 13.0. The highest BCUT2D eigenvalue weighted by Gasteiger charge is 2.20. The number of nitrogens with zero attached hydrogens (tertiary/aromatic N) is 1. The van der Waals surface area contributed by atoms with E-state index in [1.54, 1.807) is 7.11 Å². The van der Waals surface area contributed by atoms with E-state index in [4.69, 9.17) is 9.47 Å². The molecule has 0 aromatic heterocycles. The molecule has 0 spiro atoms. The molecule has 1 aliphatic heterocycles. The Balaban J connectivity index is 2.15. The minimum absolute atomic E-state index is 0.0651. The van der Waals surface area contributed by atoms with E-state index >= 15 is 0 Å². The number of rotatable bonds is 4. The molecule has 1 aromatic carbocycles. The van der Waals surface area contributed by atoms with Gasteiger partial charge in [-0.15, -0.1) is 0 Å². The van der Waals surface area contributed by atoms with Crippen molar-refractivity contribution >= 4 is 0 Å². The fraction of sp³-hybridized carbons (Fsp3) is 0.571. The molecular formula is C14H21NO3. The first kappa shape index (κ1) is 13.3. The van der Waals surface area contributed by atoms with E-state index in [-0.39, 0.29) is 6.61 Å². The Morgan fingerprint density at radius 1 is 1.50 bits per heavy atom. The molecule has 100 valence electrons. The number of aliphatic hydroxyl groups is 1. The van der Waals surface area contributed by atoms with Gasteiger partial charge in [0.15, 0.2) is 0 Å². The van der Waals surface area contributed by atoms with Gasteiger partial charge in [0.1, 0.15) is 5.75 Å². The lowest BCUT2D eigenvalue weighted by molar-refractivity contribution is -0.00465. The summed E-state index contributed by atoms with van der Waals surface area (Å²) in [6, 6.07) is 6.25. The zero-order valence-electron chi connectivity index (χ0n) is 11.1. The van der Waals surface area contributed by atoms with Crippen LogP contribution in [-0.2, 0) is 17.9 Å². The van der Waals surface area contributed by atoms with Crippen LogP contribution >= 0.6 is 0 Å². The van der Waals surface area contributed by atoms with Gasteiger partial charge in [0.05, 0.1) is 26.9 Å². The Morgan fingerprint density at radius 3 is 3.00 bits per heavy atom. The maximum atomic E-state index is 9.21. The second-order valence-corrected chi connectivity index (χ2v) is 4.70. The summed E-state index contributed by atoms with van der Waals surface area (Å²) in [6.07, 6.45) is 0. The molecule has 1 atom stereocenters. The molecule has 0 saturated carbocycles. The Labute approximate surface area is 108 Å². The van der Waals surface area contributed by atoms with Crippen LogP contribution in [0.15, 0.2) is 18.2 Å². The Hall–Kier alpha value is -1.10. The summed E-state index contributed by atoms with van der Waals surface area (Å²) < 4.78 is 10.8. The van der Waals surface area contributed by atoms with Gasteiger partial charge in [0.25, 0.3) is 0 Å². The number of ether oxygens (including phenoxy) is 2. The number of morpholine rings is 1. The van der Waals surface area contributed by atoms with Gasteiger partial charge in [-0.1, -0.05) is 6.07 Å². The van der Waals surface area contributed by atoms with Crippen LogP contribution in [0.5, 0.6) is 5.75 Å². The monoisotopic (exact) mass is 251 g/mol. The molecule has 1 unspecified atom stereocenters. The lowest BCUT2D eigenvalue weighted by Crippen LogP contribution is -2.42. The maximum absolute atomic E-state index is 9.21. The first-order chi connectivity index (χ1) is 8.74. The molecule has 4 heteroatoms. The van der Waals surface area contributed by atoms with Gasteiger partial charge in [0.2, 0.25) is 0 Å². The predicted octanol–water partition coefficient (Wildman–Crippen LogP) is 1.41. The number of hydrogen-bond donors (Lipinski definition) is 1. The summed E-state index contributed by atoms with van der Waals surface area (Å²) >= 11 is 0. The molecule has 1 heterocycles. The van der Waals surface area contributed by atoms with Crippen molar-refractivity contribution in [2.45, 2.75) is 26.1 Å². The normalized spacial score (nSPS) is 20.9. The molecule has 2 rings (SSSR count). The molecule has 1 N–H and O–H groups in total. The molecule has 1 fully saturated rings. The van der Waals surface area contributed by atoms with Crippen molar-refractivity contribution in [3.05, 3.63) is 29.3 Å². The topological polar surface area (TPSA) is 41.9 Å². The lowest BCUT2D eigenvalue weighted by Gasteiger charge is -2.33. The Morgan fingerprint density at radius 2 is 2.33 bits per heavy atom. The predicted molar refractivity (Wildman–Crippen MR) is 69.6 cm³/mol. The fourth-order valence-corrected chi connectivity index (χ4v) is 2.27. The SMILES string of the molecule is COc1ccc(CO)cc1CN1CCOCC1C. The van der Waals surface area contributed by atoms with E-state index in [9.17, 15) is 5.11 Å². The summed E-state index contributed by atoms with van der Waals surface area (Å²) in [5.41, 5.74) is 2.05. The number of benzene rings is 1. The Kier molecular flexibility index (Phi) is 4.58. The zero-order valence-corrected chi connectivity index (χ0v) is 11.1. The highest BCUT2D eigenvalue weighted by Crippen LogP contribution is 2.23. The van der Waals surface area contributed by atoms with Crippen molar-refractivity contribution in [2.24, 2.45) is 0 Å². The summed E-state index contributed by atoms with van der Waals surface area (Å²) in [5.74, 6) is 0.880. The quantitative estimate of drug-likeness (QED) is 0.878. The standard InChI is InChI=1S/C14H21NO3/c1-11-10-18-6-5-15(11)8-13-7-12(9-16)3-4-14(13)17-2/h3-4,7,11,16H,5-6,8-10H2,1-2H3. The molecule has 1 aromatic rings. The Bertz CT molecular complexity index is 395. The smallest absolute Gasteiger partial charge is 0.123 e. The summed E-state index contributed by atoms with van der Waals surface area (Å²) in [7, 11) is 1.68. The summed E-state index contributed by atoms with van der Waals surface area (Å²) in [5, 5.41) is 9.21. The third-order valence-electron chi connectivity index (χ3n) is 3.41. The third-order valence-corrected chi connectivity index (χ3v) is 3.41. The average Bonchev–Trinajstić information content (AvgIpc) is 2.41. The van der Waals surface area contributed by atoms with E-state index in [2.05, 4.69) is 11.8 Å². The summed E-state index contributed by atoms with van der Waals surface area (Å²) in [6.45, 7) is 5.57. The molecular weight excluding hydrogens is 230 g/mol. The molecule has 0 bridgehead atoms. The van der Waals surface area contributed by atoms with Gasteiger partial charge in [0, 0.05) is 24.7 Å². The van der Waals surface area contributed by atoms with Crippen molar-refractivity contribution < 1.29 is 14.6 Å². The third kappa shape index (κ3) is 3.02. The van der Waals surface area contributed by atoms with Gasteiger partial charge in [-0.05, 0) is 24.6 Å². The van der Waals surface area contributed by atoms with Crippen LogP contribution in [-0.4, -0.2) is 42.9 Å². The molecule has 1 saturated heterocycles. The first-order valence-corrected chi connectivity index (χ1v) is 6.33. The number of methoxy groups -OCH3 is 1.